The molecule has 0 aliphatic heterocycles. The van der Waals surface area contributed by atoms with Gasteiger partial charge in [0.2, 0.25) is 0 Å². The summed E-state index contributed by atoms with van der Waals surface area (Å²) < 4.78 is 63.8. The molecule has 16 heavy (non-hydrogen) atoms. The van der Waals surface area contributed by atoms with E-state index < -0.39 is 24.2 Å². The number of hydrogen-bond donors (Lipinski definition) is 0. The van der Waals surface area contributed by atoms with Gasteiger partial charge >= 0.3 is 6.36 Å². The molecule has 0 fully saturated rings. The van der Waals surface area contributed by atoms with Crippen LogP contribution in [0.3, 0.4) is 0 Å². The maximum Gasteiger partial charge on any atom is 0.573 e. The van der Waals surface area contributed by atoms with Gasteiger partial charge in [0, 0.05) is 0 Å². The van der Waals surface area contributed by atoms with Gasteiger partial charge in [-0.3, -0.25) is 0 Å². The molecule has 1 rings (SSSR count). The molecule has 0 radical (unpaired) electrons. The predicted octanol–water partition coefficient (Wildman–Crippen LogP) is 3.99. The molecule has 0 saturated carbocycles. The molecular weight excluding hydrogens is 301 g/mol. The highest BCUT2D eigenvalue weighted by atomic mass is 79.9. The third-order valence-electron chi connectivity index (χ3n) is 1.56. The van der Waals surface area contributed by atoms with E-state index in [0.717, 1.165) is 13.0 Å². The molecule has 1 heterocycles. The van der Waals surface area contributed by atoms with Gasteiger partial charge in [-0.1, -0.05) is 0 Å². The smallest absolute Gasteiger partial charge is 0.403 e. The van der Waals surface area contributed by atoms with E-state index in [9.17, 15) is 22.0 Å². The van der Waals surface area contributed by atoms with E-state index in [4.69, 9.17) is 0 Å². The van der Waals surface area contributed by atoms with Gasteiger partial charge in [0.25, 0.3) is 6.43 Å². The van der Waals surface area contributed by atoms with Crippen LogP contribution >= 0.6 is 15.9 Å². The molecular formula is C8H5BrF5NO. The lowest BCUT2D eigenvalue weighted by Crippen LogP contribution is -2.18. The fourth-order valence-corrected chi connectivity index (χ4v) is 1.60. The summed E-state index contributed by atoms with van der Waals surface area (Å²) in [7, 11) is 0. The number of halogens is 6. The normalized spacial score (nSPS) is 12.0. The first-order valence-electron chi connectivity index (χ1n) is 3.91. The fourth-order valence-electron chi connectivity index (χ4n) is 0.995. The molecule has 1 aromatic heterocycles. The monoisotopic (exact) mass is 305 g/mol. The first-order valence-corrected chi connectivity index (χ1v) is 4.71. The number of alkyl halides is 5. The number of nitrogens with zero attached hydrogens (tertiary/aromatic N) is 1. The number of hydrogen-bond acceptors (Lipinski definition) is 2. The molecule has 0 N–H and O–H groups in total. The highest BCUT2D eigenvalue weighted by Gasteiger charge is 2.33. The third-order valence-corrected chi connectivity index (χ3v) is 2.15. The molecule has 0 amide bonds. The number of aryl methyl sites for hydroxylation is 1. The van der Waals surface area contributed by atoms with Crippen LogP contribution in [0.2, 0.25) is 0 Å². The van der Waals surface area contributed by atoms with Crippen LogP contribution in [0.15, 0.2) is 10.5 Å². The van der Waals surface area contributed by atoms with E-state index in [1.54, 1.807) is 0 Å². The van der Waals surface area contributed by atoms with Gasteiger partial charge in [-0.15, -0.1) is 13.2 Å². The number of aromatic nitrogens is 1. The van der Waals surface area contributed by atoms with Crippen molar-refractivity contribution >= 4 is 15.9 Å². The molecule has 0 aliphatic rings. The van der Waals surface area contributed by atoms with Crippen LogP contribution in [-0.2, 0) is 0 Å². The highest BCUT2D eigenvalue weighted by molar-refractivity contribution is 9.10. The molecule has 0 bridgehead atoms. The van der Waals surface area contributed by atoms with Crippen LogP contribution in [0, 0.1) is 6.92 Å². The van der Waals surface area contributed by atoms with Crippen molar-refractivity contribution in [2.45, 2.75) is 19.7 Å². The minimum atomic E-state index is -4.89. The van der Waals surface area contributed by atoms with E-state index in [0.29, 0.717) is 0 Å². The molecule has 0 aromatic carbocycles. The van der Waals surface area contributed by atoms with Crippen LogP contribution in [0.4, 0.5) is 22.0 Å². The molecule has 0 unspecified atom stereocenters. The minimum Gasteiger partial charge on any atom is -0.403 e. The molecule has 0 saturated heterocycles. The lowest BCUT2D eigenvalue weighted by atomic mass is 10.3. The van der Waals surface area contributed by atoms with Crippen molar-refractivity contribution in [1.82, 2.24) is 4.98 Å². The Morgan fingerprint density at radius 3 is 2.31 bits per heavy atom. The van der Waals surface area contributed by atoms with E-state index >= 15 is 0 Å². The highest BCUT2D eigenvalue weighted by Crippen LogP contribution is 2.34. The summed E-state index contributed by atoms with van der Waals surface area (Å²) in [6.45, 7) is 1.15. The van der Waals surface area contributed by atoms with E-state index in [2.05, 4.69) is 25.7 Å². The zero-order chi connectivity index (χ0) is 12.5. The second kappa shape index (κ2) is 4.52. The second-order valence-corrected chi connectivity index (χ2v) is 3.65. The van der Waals surface area contributed by atoms with Gasteiger partial charge in [0.1, 0.15) is 5.69 Å². The lowest BCUT2D eigenvalue weighted by molar-refractivity contribution is -0.275. The molecule has 8 heteroatoms. The standard InChI is InChI=1S/C8H5BrF5NO/c1-3-6(16-8(12,13)14)4(9)2-5(15-3)7(10)11/h2,7H,1H3. The Labute approximate surface area is 95.6 Å². The SMILES string of the molecule is Cc1nc(C(F)F)cc(Br)c1OC(F)(F)F. The van der Waals surface area contributed by atoms with E-state index in [1.165, 1.54) is 0 Å². The van der Waals surface area contributed by atoms with Crippen molar-refractivity contribution in [3.63, 3.8) is 0 Å². The van der Waals surface area contributed by atoms with Crippen LogP contribution < -0.4 is 4.74 Å². The Morgan fingerprint density at radius 1 is 1.38 bits per heavy atom. The summed E-state index contributed by atoms with van der Waals surface area (Å²) in [4.78, 5) is 3.31. The van der Waals surface area contributed by atoms with Gasteiger partial charge in [-0.05, 0) is 28.9 Å². The third kappa shape index (κ3) is 3.29. The Hall–Kier alpha value is -0.920. The second-order valence-electron chi connectivity index (χ2n) is 2.79. The van der Waals surface area contributed by atoms with Crippen molar-refractivity contribution in [2.24, 2.45) is 0 Å². The minimum absolute atomic E-state index is 0.215. The molecule has 0 spiro atoms. The average molecular weight is 306 g/mol. The Morgan fingerprint density at radius 2 is 1.94 bits per heavy atom. The Bertz CT molecular complexity index is 370. The summed E-state index contributed by atoms with van der Waals surface area (Å²) >= 11 is 2.72. The molecule has 0 atom stereocenters. The number of pyridine rings is 1. The van der Waals surface area contributed by atoms with Crippen molar-refractivity contribution in [3.05, 3.63) is 21.9 Å². The van der Waals surface area contributed by atoms with Crippen molar-refractivity contribution in [1.29, 1.82) is 0 Å². The largest absolute Gasteiger partial charge is 0.573 e. The zero-order valence-electron chi connectivity index (χ0n) is 7.78. The quantitative estimate of drug-likeness (QED) is 0.771. The fraction of sp³-hybridized carbons (Fsp3) is 0.375. The zero-order valence-corrected chi connectivity index (χ0v) is 9.36. The lowest BCUT2D eigenvalue weighted by Gasteiger charge is -2.13. The molecule has 90 valence electrons. The Balaban J connectivity index is 3.13. The van der Waals surface area contributed by atoms with Crippen LogP contribution in [0.25, 0.3) is 0 Å². The first kappa shape index (κ1) is 13.1. The van der Waals surface area contributed by atoms with E-state index in [1.807, 2.05) is 0 Å². The summed E-state index contributed by atoms with van der Waals surface area (Å²) in [5.74, 6) is -0.614. The maximum atomic E-state index is 12.3. The van der Waals surface area contributed by atoms with Gasteiger partial charge in [-0.2, -0.15) is 0 Å². The summed E-state index contributed by atoms with van der Waals surface area (Å²) in [6.07, 6.45) is -7.74. The topological polar surface area (TPSA) is 22.1 Å². The van der Waals surface area contributed by atoms with Crippen molar-refractivity contribution < 1.29 is 26.7 Å². The maximum absolute atomic E-state index is 12.3. The van der Waals surface area contributed by atoms with E-state index in [-0.39, 0.29) is 10.2 Å². The van der Waals surface area contributed by atoms with Gasteiger partial charge in [0.05, 0.1) is 10.2 Å². The summed E-state index contributed by atoms with van der Waals surface area (Å²) in [5.41, 5.74) is -0.874. The summed E-state index contributed by atoms with van der Waals surface area (Å²) in [5, 5.41) is 0. The molecule has 0 aliphatic carbocycles. The van der Waals surface area contributed by atoms with Crippen molar-refractivity contribution in [3.8, 4) is 5.75 Å². The Kier molecular flexibility index (Phi) is 3.72. The number of rotatable bonds is 2. The van der Waals surface area contributed by atoms with Crippen LogP contribution in [0.5, 0.6) is 5.75 Å². The first-order chi connectivity index (χ1) is 7.20. The van der Waals surface area contributed by atoms with Gasteiger partial charge in [-0.25, -0.2) is 13.8 Å². The van der Waals surface area contributed by atoms with Crippen LogP contribution in [-0.4, -0.2) is 11.3 Å². The average Bonchev–Trinajstić information content (AvgIpc) is 2.09. The molecule has 2 nitrogen and oxygen atoms in total. The number of ether oxygens (including phenoxy) is 1. The van der Waals surface area contributed by atoms with Crippen molar-refractivity contribution in [2.75, 3.05) is 0 Å². The van der Waals surface area contributed by atoms with Crippen LogP contribution in [0.1, 0.15) is 17.8 Å². The summed E-state index contributed by atoms with van der Waals surface area (Å²) in [6, 6.07) is 0.790. The van der Waals surface area contributed by atoms with Gasteiger partial charge < -0.3 is 4.74 Å². The predicted molar refractivity (Wildman–Crippen MR) is 48.3 cm³/mol. The molecule has 1 aromatic rings. The van der Waals surface area contributed by atoms with Gasteiger partial charge in [0.15, 0.2) is 5.75 Å².